The van der Waals surface area contributed by atoms with Crippen molar-refractivity contribution >= 4 is 84.2 Å². The van der Waals surface area contributed by atoms with Crippen LogP contribution < -0.4 is 10.3 Å². The van der Waals surface area contributed by atoms with Crippen LogP contribution in [-0.2, 0) is 9.53 Å². The minimum atomic E-state index is -0.416. The molecule has 0 amide bonds. The summed E-state index contributed by atoms with van der Waals surface area (Å²) in [7, 11) is 0. The maximum atomic E-state index is 13.1. The molecule has 0 unspecified atom stereocenters. The van der Waals surface area contributed by atoms with Gasteiger partial charge in [-0.1, -0.05) is 29.8 Å². The van der Waals surface area contributed by atoms with E-state index in [2.05, 4.69) is 71.2 Å². The van der Waals surface area contributed by atoms with Crippen molar-refractivity contribution in [3.63, 3.8) is 0 Å². The monoisotopic (exact) mass is 723 g/mol. The third-order valence-corrected chi connectivity index (χ3v) is 6.43. The molecule has 7 nitrogen and oxygen atoms in total. The van der Waals surface area contributed by atoms with Crippen molar-refractivity contribution < 1.29 is 14.3 Å². The molecule has 32 heavy (non-hydrogen) atoms. The standard InChI is InChI=1S/C22H20BrI2N3O4/c1-4-31-19(29)11-32-20-16(24)7-13(8-17(20)25)10-26-28-21(12(2)3)27-18-6-5-14(23)9-15(18)22(28)30/h5-10,12H,4,11H2,1-3H3. The maximum absolute atomic E-state index is 13.1. The van der Waals surface area contributed by atoms with Crippen molar-refractivity contribution in [3.8, 4) is 5.75 Å². The number of nitrogens with zero attached hydrogens (tertiary/aromatic N) is 3. The van der Waals surface area contributed by atoms with Crippen LogP contribution in [0.25, 0.3) is 10.9 Å². The van der Waals surface area contributed by atoms with Gasteiger partial charge in [0.1, 0.15) is 11.6 Å². The Labute approximate surface area is 221 Å². The minimum absolute atomic E-state index is 0.00632. The maximum Gasteiger partial charge on any atom is 0.344 e. The number of aromatic nitrogens is 2. The lowest BCUT2D eigenvalue weighted by Crippen LogP contribution is -2.23. The fourth-order valence-electron chi connectivity index (χ4n) is 2.90. The Hall–Kier alpha value is -1.54. The first-order valence-corrected chi connectivity index (χ1v) is 12.7. The summed E-state index contributed by atoms with van der Waals surface area (Å²) in [5.41, 5.74) is 1.20. The molecule has 0 spiro atoms. The molecule has 0 radical (unpaired) electrons. The summed E-state index contributed by atoms with van der Waals surface area (Å²) in [6.45, 7) is 5.85. The molecule has 168 valence electrons. The Morgan fingerprint density at radius 2 is 1.94 bits per heavy atom. The second-order valence-electron chi connectivity index (χ2n) is 7.06. The number of halogens is 3. The van der Waals surface area contributed by atoms with Gasteiger partial charge in [-0.05, 0) is 88.0 Å². The number of ether oxygens (including phenoxy) is 2. The average Bonchev–Trinajstić information content (AvgIpc) is 2.72. The van der Waals surface area contributed by atoms with Gasteiger partial charge in [-0.15, -0.1) is 0 Å². The van der Waals surface area contributed by atoms with Gasteiger partial charge >= 0.3 is 5.97 Å². The second-order valence-corrected chi connectivity index (χ2v) is 10.3. The molecule has 0 fully saturated rings. The molecule has 1 heterocycles. The number of rotatable bonds is 7. The number of esters is 1. The Morgan fingerprint density at radius 1 is 1.25 bits per heavy atom. The molecule has 0 saturated heterocycles. The quantitative estimate of drug-likeness (QED) is 0.188. The van der Waals surface area contributed by atoms with E-state index >= 15 is 0 Å². The van der Waals surface area contributed by atoms with Gasteiger partial charge in [0.15, 0.2) is 6.61 Å². The molecule has 0 atom stereocenters. The van der Waals surface area contributed by atoms with Crippen molar-refractivity contribution in [3.05, 3.63) is 63.7 Å². The molecule has 0 bridgehead atoms. The average molecular weight is 724 g/mol. The van der Waals surface area contributed by atoms with Crippen LogP contribution >= 0.6 is 61.1 Å². The number of fused-ring (bicyclic) bond motifs is 1. The van der Waals surface area contributed by atoms with E-state index < -0.39 is 5.97 Å². The van der Waals surface area contributed by atoms with E-state index in [9.17, 15) is 9.59 Å². The summed E-state index contributed by atoms with van der Waals surface area (Å²) in [6.07, 6.45) is 1.62. The molecular weight excluding hydrogens is 704 g/mol. The van der Waals surface area contributed by atoms with E-state index in [1.807, 2.05) is 38.1 Å². The van der Waals surface area contributed by atoms with Gasteiger partial charge in [-0.2, -0.15) is 9.78 Å². The lowest BCUT2D eigenvalue weighted by atomic mass is 10.2. The highest BCUT2D eigenvalue weighted by Crippen LogP contribution is 2.28. The van der Waals surface area contributed by atoms with Gasteiger partial charge in [0, 0.05) is 10.4 Å². The predicted molar refractivity (Wildman–Crippen MR) is 145 cm³/mol. The van der Waals surface area contributed by atoms with Gasteiger partial charge in [-0.3, -0.25) is 4.79 Å². The zero-order chi connectivity index (χ0) is 23.4. The fourth-order valence-corrected chi connectivity index (χ4v) is 5.39. The third-order valence-electron chi connectivity index (χ3n) is 4.33. The highest BCUT2D eigenvalue weighted by Gasteiger charge is 2.15. The zero-order valence-corrected chi connectivity index (χ0v) is 23.5. The summed E-state index contributed by atoms with van der Waals surface area (Å²) >= 11 is 7.70. The van der Waals surface area contributed by atoms with E-state index in [1.54, 1.807) is 19.2 Å². The number of carbonyl (C=O) groups excluding carboxylic acids is 1. The van der Waals surface area contributed by atoms with E-state index in [1.165, 1.54) is 4.68 Å². The van der Waals surface area contributed by atoms with Crippen molar-refractivity contribution in [2.75, 3.05) is 13.2 Å². The van der Waals surface area contributed by atoms with Crippen molar-refractivity contribution in [1.82, 2.24) is 9.66 Å². The van der Waals surface area contributed by atoms with Crippen LogP contribution in [0.15, 0.2) is 44.7 Å². The van der Waals surface area contributed by atoms with E-state index in [4.69, 9.17) is 9.47 Å². The zero-order valence-electron chi connectivity index (χ0n) is 17.6. The summed E-state index contributed by atoms with van der Waals surface area (Å²) in [4.78, 5) is 29.4. The van der Waals surface area contributed by atoms with Crippen LogP contribution in [0.2, 0.25) is 0 Å². The molecule has 0 N–H and O–H groups in total. The van der Waals surface area contributed by atoms with Gasteiger partial charge in [0.25, 0.3) is 5.56 Å². The molecule has 3 rings (SSSR count). The lowest BCUT2D eigenvalue weighted by molar-refractivity contribution is -0.145. The summed E-state index contributed by atoms with van der Waals surface area (Å²) < 4.78 is 14.3. The summed E-state index contributed by atoms with van der Waals surface area (Å²) in [5.74, 6) is 0.779. The minimum Gasteiger partial charge on any atom is -0.480 e. The first-order chi connectivity index (χ1) is 15.2. The predicted octanol–water partition coefficient (Wildman–Crippen LogP) is 5.32. The molecule has 0 saturated carbocycles. The van der Waals surface area contributed by atoms with Crippen LogP contribution in [0.1, 0.15) is 38.1 Å². The number of hydrogen-bond donors (Lipinski definition) is 0. The SMILES string of the molecule is CCOC(=O)COc1c(I)cc(C=Nn2c(C(C)C)nc3ccc(Br)cc3c2=O)cc1I. The van der Waals surface area contributed by atoms with Crippen LogP contribution in [0.5, 0.6) is 5.75 Å². The number of carbonyl (C=O) groups is 1. The first-order valence-electron chi connectivity index (χ1n) is 9.75. The van der Waals surface area contributed by atoms with Crippen molar-refractivity contribution in [2.45, 2.75) is 26.7 Å². The summed E-state index contributed by atoms with van der Waals surface area (Å²) in [5, 5.41) is 4.96. The fraction of sp³-hybridized carbons (Fsp3) is 0.273. The number of benzene rings is 2. The number of hydrogen-bond acceptors (Lipinski definition) is 6. The normalized spacial score (nSPS) is 11.5. The summed E-state index contributed by atoms with van der Waals surface area (Å²) in [6, 6.07) is 9.18. The molecule has 0 aliphatic rings. The molecule has 1 aromatic heterocycles. The lowest BCUT2D eigenvalue weighted by Gasteiger charge is -2.12. The molecule has 3 aromatic rings. The van der Waals surface area contributed by atoms with E-state index in [-0.39, 0.29) is 18.1 Å². The van der Waals surface area contributed by atoms with Gasteiger partial charge in [0.05, 0.1) is 30.9 Å². The topological polar surface area (TPSA) is 82.8 Å². The second kappa shape index (κ2) is 11.1. The smallest absolute Gasteiger partial charge is 0.344 e. The molecule has 0 aliphatic carbocycles. The van der Waals surface area contributed by atoms with Gasteiger partial charge < -0.3 is 9.47 Å². The van der Waals surface area contributed by atoms with Crippen LogP contribution in [0.4, 0.5) is 0 Å². The van der Waals surface area contributed by atoms with Crippen LogP contribution in [0, 0.1) is 7.14 Å². The van der Waals surface area contributed by atoms with Crippen molar-refractivity contribution in [1.29, 1.82) is 0 Å². The third kappa shape index (κ3) is 5.87. The first kappa shape index (κ1) is 25.1. The van der Waals surface area contributed by atoms with E-state index in [0.29, 0.717) is 29.1 Å². The Kier molecular flexibility index (Phi) is 8.67. The van der Waals surface area contributed by atoms with Gasteiger partial charge in [0.2, 0.25) is 0 Å². The highest BCUT2D eigenvalue weighted by atomic mass is 127. The Balaban J connectivity index is 1.97. The van der Waals surface area contributed by atoms with Crippen LogP contribution in [0.3, 0.4) is 0 Å². The largest absolute Gasteiger partial charge is 0.480 e. The molecule has 2 aromatic carbocycles. The Morgan fingerprint density at radius 3 is 2.56 bits per heavy atom. The molecular formula is C22H20BrI2N3O4. The Bertz CT molecular complexity index is 1230. The highest BCUT2D eigenvalue weighted by molar-refractivity contribution is 14.1. The van der Waals surface area contributed by atoms with Crippen LogP contribution in [-0.4, -0.2) is 35.1 Å². The molecule has 10 heteroatoms. The van der Waals surface area contributed by atoms with Crippen molar-refractivity contribution in [2.24, 2.45) is 5.10 Å². The van der Waals surface area contributed by atoms with Gasteiger partial charge in [-0.25, -0.2) is 9.78 Å². The molecule has 0 aliphatic heterocycles. The van der Waals surface area contributed by atoms with E-state index in [0.717, 1.165) is 17.2 Å².